The van der Waals surface area contributed by atoms with Crippen molar-refractivity contribution >= 4 is 44.7 Å². The van der Waals surface area contributed by atoms with Crippen LogP contribution >= 0.6 is 22.9 Å². The Morgan fingerprint density at radius 2 is 1.66 bits per heavy atom. The lowest BCUT2D eigenvalue weighted by Gasteiger charge is -2.33. The first-order valence-corrected chi connectivity index (χ1v) is 12.1. The number of benzene rings is 1. The van der Waals surface area contributed by atoms with Crippen LogP contribution in [0.25, 0.3) is 0 Å². The van der Waals surface area contributed by atoms with Gasteiger partial charge in [-0.2, -0.15) is 4.31 Å². The molecule has 1 aliphatic rings. The van der Waals surface area contributed by atoms with E-state index in [1.807, 2.05) is 12.1 Å². The fourth-order valence-electron chi connectivity index (χ4n) is 3.19. The first-order valence-electron chi connectivity index (χ1n) is 9.46. The molecule has 0 saturated carbocycles. The number of halogens is 1. The number of thiophene rings is 1. The minimum atomic E-state index is -3.58. The molecule has 0 N–H and O–H groups in total. The minimum absolute atomic E-state index is 0.0585. The number of carbonyl (C=O) groups is 2. The van der Waals surface area contributed by atoms with Crippen molar-refractivity contribution in [1.29, 1.82) is 0 Å². The monoisotopic (exact) mass is 454 g/mol. The van der Waals surface area contributed by atoms with Crippen LogP contribution in [0.15, 0.2) is 40.6 Å². The first kappa shape index (κ1) is 22.0. The number of nitrogens with zero attached hydrogens (tertiary/aromatic N) is 2. The van der Waals surface area contributed by atoms with Crippen molar-refractivity contribution in [2.24, 2.45) is 0 Å². The molecule has 1 saturated heterocycles. The summed E-state index contributed by atoms with van der Waals surface area (Å²) in [6.07, 6.45) is 1.19. The Morgan fingerprint density at radius 3 is 2.21 bits per heavy atom. The molecule has 0 atom stereocenters. The summed E-state index contributed by atoms with van der Waals surface area (Å²) in [6, 6.07) is 10.5. The molecule has 1 amide bonds. The van der Waals surface area contributed by atoms with E-state index < -0.39 is 10.0 Å². The predicted octanol–water partition coefficient (Wildman–Crippen LogP) is 3.46. The van der Waals surface area contributed by atoms with Gasteiger partial charge in [0, 0.05) is 44.6 Å². The van der Waals surface area contributed by atoms with E-state index in [0.29, 0.717) is 23.0 Å². The minimum Gasteiger partial charge on any atom is -0.340 e. The van der Waals surface area contributed by atoms with Crippen molar-refractivity contribution < 1.29 is 18.0 Å². The number of hydrogen-bond donors (Lipinski definition) is 0. The number of aryl methyl sites for hydroxylation is 1. The second-order valence-electron chi connectivity index (χ2n) is 6.82. The normalized spacial score (nSPS) is 15.4. The number of piperazine rings is 1. The highest BCUT2D eigenvalue weighted by atomic mass is 35.5. The maximum absolute atomic E-state index is 12.6. The molecule has 1 aromatic carbocycles. The Bertz CT molecular complexity index is 978. The van der Waals surface area contributed by atoms with Crippen molar-refractivity contribution in [3.05, 3.63) is 51.9 Å². The van der Waals surface area contributed by atoms with Crippen LogP contribution in [0.5, 0.6) is 0 Å². The van der Waals surface area contributed by atoms with Gasteiger partial charge in [-0.15, -0.1) is 11.3 Å². The second kappa shape index (κ2) is 9.38. The molecule has 1 aromatic heterocycles. The molecule has 6 nitrogen and oxygen atoms in total. The quantitative estimate of drug-likeness (QED) is 0.600. The highest BCUT2D eigenvalue weighted by molar-refractivity contribution is 7.91. The molecule has 2 heterocycles. The van der Waals surface area contributed by atoms with Crippen LogP contribution in [-0.2, 0) is 21.2 Å². The standard InChI is InChI=1S/C20H23ClN2O4S2/c1-2-15-3-5-16(6-4-15)17(24)7-9-19(25)22-11-13-23(14-12-22)29(26,27)20-10-8-18(21)28-20/h3-6,8,10H,2,7,9,11-14H2,1H3. The van der Waals surface area contributed by atoms with Crippen molar-refractivity contribution in [1.82, 2.24) is 9.21 Å². The fourth-order valence-corrected chi connectivity index (χ4v) is 6.25. The molecular weight excluding hydrogens is 432 g/mol. The lowest BCUT2D eigenvalue weighted by atomic mass is 10.0. The Balaban J connectivity index is 1.50. The summed E-state index contributed by atoms with van der Waals surface area (Å²) >= 11 is 6.87. The summed E-state index contributed by atoms with van der Waals surface area (Å²) < 4.78 is 27.3. The van der Waals surface area contributed by atoms with Crippen molar-refractivity contribution in [2.75, 3.05) is 26.2 Å². The van der Waals surface area contributed by atoms with Gasteiger partial charge in [0.2, 0.25) is 5.91 Å². The van der Waals surface area contributed by atoms with E-state index in [2.05, 4.69) is 6.92 Å². The lowest BCUT2D eigenvalue weighted by Crippen LogP contribution is -2.50. The zero-order valence-electron chi connectivity index (χ0n) is 16.1. The lowest BCUT2D eigenvalue weighted by molar-refractivity contribution is -0.132. The molecule has 9 heteroatoms. The van der Waals surface area contributed by atoms with E-state index in [4.69, 9.17) is 11.6 Å². The molecule has 3 rings (SSSR count). The van der Waals surface area contributed by atoms with Gasteiger partial charge in [0.25, 0.3) is 10.0 Å². The summed E-state index contributed by atoms with van der Waals surface area (Å²) in [5.74, 6) is -0.184. The molecular formula is C20H23ClN2O4S2. The zero-order valence-corrected chi connectivity index (χ0v) is 18.5. The Labute approximate surface area is 180 Å². The van der Waals surface area contributed by atoms with Gasteiger partial charge in [-0.25, -0.2) is 8.42 Å². The molecule has 0 aliphatic carbocycles. The highest BCUT2D eigenvalue weighted by Gasteiger charge is 2.31. The number of Topliss-reactive ketones (excluding diaryl/α,β-unsaturated/α-hetero) is 1. The Hall–Kier alpha value is -1.74. The van der Waals surface area contributed by atoms with Gasteiger partial charge in [0.1, 0.15) is 4.21 Å². The second-order valence-corrected chi connectivity index (χ2v) is 10.7. The van der Waals surface area contributed by atoms with Crippen molar-refractivity contribution in [2.45, 2.75) is 30.4 Å². The van der Waals surface area contributed by atoms with Gasteiger partial charge in [-0.05, 0) is 24.1 Å². The molecule has 1 aliphatic heterocycles. The number of rotatable bonds is 7. The number of sulfonamides is 1. The average Bonchev–Trinajstić information content (AvgIpc) is 3.19. The average molecular weight is 455 g/mol. The van der Waals surface area contributed by atoms with Crippen molar-refractivity contribution in [3.63, 3.8) is 0 Å². The number of hydrogen-bond acceptors (Lipinski definition) is 5. The van der Waals surface area contributed by atoms with E-state index in [9.17, 15) is 18.0 Å². The van der Waals surface area contributed by atoms with Crippen LogP contribution in [-0.4, -0.2) is 55.5 Å². The molecule has 0 unspecified atom stereocenters. The van der Waals surface area contributed by atoms with Gasteiger partial charge in [-0.1, -0.05) is 42.8 Å². The number of amides is 1. The smallest absolute Gasteiger partial charge is 0.252 e. The summed E-state index contributed by atoms with van der Waals surface area (Å²) in [5.41, 5.74) is 1.77. The summed E-state index contributed by atoms with van der Waals surface area (Å²) in [7, 11) is -3.58. The third-order valence-electron chi connectivity index (χ3n) is 4.98. The molecule has 0 spiro atoms. The molecule has 156 valence electrons. The van der Waals surface area contributed by atoms with Gasteiger partial charge in [0.05, 0.1) is 4.34 Å². The zero-order chi connectivity index (χ0) is 21.0. The highest BCUT2D eigenvalue weighted by Crippen LogP contribution is 2.28. The van der Waals surface area contributed by atoms with Crippen molar-refractivity contribution in [3.8, 4) is 0 Å². The topological polar surface area (TPSA) is 74.8 Å². The predicted molar refractivity (Wildman–Crippen MR) is 114 cm³/mol. The van der Waals surface area contributed by atoms with Crippen LogP contribution in [0.3, 0.4) is 0 Å². The largest absolute Gasteiger partial charge is 0.340 e. The van der Waals surface area contributed by atoms with Crippen LogP contribution in [0.4, 0.5) is 0 Å². The SMILES string of the molecule is CCc1ccc(C(=O)CCC(=O)N2CCN(S(=O)(=O)c3ccc(Cl)s3)CC2)cc1. The van der Waals surface area contributed by atoms with Gasteiger partial charge in [0.15, 0.2) is 5.78 Å². The maximum atomic E-state index is 12.6. The maximum Gasteiger partial charge on any atom is 0.252 e. The molecule has 29 heavy (non-hydrogen) atoms. The van der Waals surface area contributed by atoms with E-state index in [1.165, 1.54) is 10.4 Å². The van der Waals surface area contributed by atoms with Crippen LogP contribution < -0.4 is 0 Å². The molecule has 1 fully saturated rings. The third-order valence-corrected chi connectivity index (χ3v) is 8.58. The van der Waals surface area contributed by atoms with E-state index >= 15 is 0 Å². The van der Waals surface area contributed by atoms with Gasteiger partial charge in [-0.3, -0.25) is 9.59 Å². The summed E-state index contributed by atoms with van der Waals surface area (Å²) in [5, 5.41) is 0. The molecule has 0 bridgehead atoms. The van der Waals surface area contributed by atoms with E-state index in [-0.39, 0.29) is 41.8 Å². The molecule has 2 aromatic rings. The summed E-state index contributed by atoms with van der Waals surface area (Å²) in [6.45, 7) is 3.15. The van der Waals surface area contributed by atoms with E-state index in [1.54, 1.807) is 23.1 Å². The number of carbonyl (C=O) groups excluding carboxylic acids is 2. The Morgan fingerprint density at radius 1 is 1.00 bits per heavy atom. The van der Waals surface area contributed by atoms with Crippen LogP contribution in [0, 0.1) is 0 Å². The number of ketones is 1. The van der Waals surface area contributed by atoms with Crippen LogP contribution in [0.1, 0.15) is 35.7 Å². The summed E-state index contributed by atoms with van der Waals surface area (Å²) in [4.78, 5) is 26.4. The van der Waals surface area contributed by atoms with E-state index in [0.717, 1.165) is 23.3 Å². The first-order chi connectivity index (χ1) is 13.8. The van der Waals surface area contributed by atoms with Gasteiger partial charge < -0.3 is 4.90 Å². The fraction of sp³-hybridized carbons (Fsp3) is 0.400. The van der Waals surface area contributed by atoms with Gasteiger partial charge >= 0.3 is 0 Å². The van der Waals surface area contributed by atoms with Crippen LogP contribution in [0.2, 0.25) is 4.34 Å². The third kappa shape index (κ3) is 5.25. The molecule has 0 radical (unpaired) electrons. The Kier molecular flexibility index (Phi) is 7.10.